The summed E-state index contributed by atoms with van der Waals surface area (Å²) >= 11 is 0. The van der Waals surface area contributed by atoms with Gasteiger partial charge in [0.25, 0.3) is 0 Å². The van der Waals surface area contributed by atoms with Crippen LogP contribution < -0.4 is 4.90 Å². The Labute approximate surface area is 175 Å². The van der Waals surface area contributed by atoms with Crippen molar-refractivity contribution in [1.82, 2.24) is 14.9 Å². The number of anilines is 1. The van der Waals surface area contributed by atoms with Crippen LogP contribution in [-0.2, 0) is 14.9 Å². The molecule has 0 aliphatic carbocycles. The van der Waals surface area contributed by atoms with Crippen LogP contribution in [0.4, 0.5) is 15.1 Å². The molecule has 2 saturated heterocycles. The van der Waals surface area contributed by atoms with Crippen molar-refractivity contribution in [2.45, 2.75) is 31.8 Å². The standard InChI is InChI=1S/C22H27FN4O3/c1-21(2,3)30-20(28)27-10-8-26(9-11-27)19-24-12-17(13-25-19)22(14-29-15-22)16-4-6-18(23)7-5-16/h4-7,12-13H,8-11,14-15H2,1-3H3. The minimum Gasteiger partial charge on any atom is -0.444 e. The minimum absolute atomic E-state index is 0.258. The van der Waals surface area contributed by atoms with Crippen LogP contribution in [0.3, 0.4) is 0 Å². The molecule has 2 aromatic rings. The highest BCUT2D eigenvalue weighted by atomic mass is 19.1. The maximum atomic E-state index is 13.3. The fourth-order valence-electron chi connectivity index (χ4n) is 3.72. The quantitative estimate of drug-likeness (QED) is 0.769. The predicted molar refractivity (Wildman–Crippen MR) is 110 cm³/mol. The Morgan fingerprint density at radius 2 is 1.63 bits per heavy atom. The van der Waals surface area contributed by atoms with E-state index in [1.807, 2.05) is 33.2 Å². The summed E-state index contributed by atoms with van der Waals surface area (Å²) in [7, 11) is 0. The van der Waals surface area contributed by atoms with Gasteiger partial charge in [-0.15, -0.1) is 0 Å². The van der Waals surface area contributed by atoms with E-state index in [0.29, 0.717) is 45.3 Å². The molecule has 2 aliphatic heterocycles. The van der Waals surface area contributed by atoms with Gasteiger partial charge in [0.05, 0.1) is 18.6 Å². The van der Waals surface area contributed by atoms with Crippen molar-refractivity contribution in [2.24, 2.45) is 0 Å². The number of amides is 1. The summed E-state index contributed by atoms with van der Waals surface area (Å²) in [6.45, 7) is 9.05. The van der Waals surface area contributed by atoms with Crippen molar-refractivity contribution in [3.63, 3.8) is 0 Å². The SMILES string of the molecule is CC(C)(C)OC(=O)N1CCN(c2ncc(C3(c4ccc(F)cc4)COC3)cn2)CC1. The van der Waals surface area contributed by atoms with Crippen LogP contribution in [0.25, 0.3) is 0 Å². The summed E-state index contributed by atoms with van der Waals surface area (Å²) in [5.74, 6) is 0.378. The Balaban J connectivity index is 1.42. The smallest absolute Gasteiger partial charge is 0.410 e. The third kappa shape index (κ3) is 4.09. The summed E-state index contributed by atoms with van der Waals surface area (Å²) < 4.78 is 24.2. The third-order valence-corrected chi connectivity index (χ3v) is 5.50. The van der Waals surface area contributed by atoms with Crippen molar-refractivity contribution in [1.29, 1.82) is 0 Å². The Morgan fingerprint density at radius 1 is 1.03 bits per heavy atom. The van der Waals surface area contributed by atoms with E-state index in [-0.39, 0.29) is 17.3 Å². The van der Waals surface area contributed by atoms with Crippen molar-refractivity contribution in [2.75, 3.05) is 44.3 Å². The molecule has 7 nitrogen and oxygen atoms in total. The molecule has 160 valence electrons. The first-order valence-corrected chi connectivity index (χ1v) is 10.2. The van der Waals surface area contributed by atoms with Crippen molar-refractivity contribution in [3.05, 3.63) is 53.6 Å². The molecule has 0 spiro atoms. The largest absolute Gasteiger partial charge is 0.444 e. The van der Waals surface area contributed by atoms with Crippen LogP contribution in [0.5, 0.6) is 0 Å². The number of rotatable bonds is 3. The minimum atomic E-state index is -0.501. The molecule has 1 aromatic carbocycles. The molecule has 0 bridgehead atoms. The summed E-state index contributed by atoms with van der Waals surface area (Å²) in [5.41, 5.74) is 1.12. The van der Waals surface area contributed by atoms with E-state index in [1.54, 1.807) is 17.0 Å². The van der Waals surface area contributed by atoms with Gasteiger partial charge >= 0.3 is 6.09 Å². The monoisotopic (exact) mass is 414 g/mol. The summed E-state index contributed by atoms with van der Waals surface area (Å²) in [6, 6.07) is 6.52. The molecule has 30 heavy (non-hydrogen) atoms. The molecular formula is C22H27FN4O3. The van der Waals surface area contributed by atoms with Gasteiger partial charge in [0.1, 0.15) is 11.4 Å². The molecule has 0 radical (unpaired) electrons. The van der Waals surface area contributed by atoms with Crippen LogP contribution in [0, 0.1) is 5.82 Å². The molecule has 1 amide bonds. The van der Waals surface area contributed by atoms with Crippen LogP contribution >= 0.6 is 0 Å². The van der Waals surface area contributed by atoms with Gasteiger partial charge in [0, 0.05) is 44.1 Å². The van der Waals surface area contributed by atoms with Gasteiger partial charge in [0.15, 0.2) is 0 Å². The van der Waals surface area contributed by atoms with Crippen LogP contribution in [-0.4, -0.2) is 66.0 Å². The molecule has 3 heterocycles. The number of hydrogen-bond acceptors (Lipinski definition) is 6. The summed E-state index contributed by atoms with van der Waals surface area (Å²) in [5, 5.41) is 0. The van der Waals surface area contributed by atoms with E-state index in [2.05, 4.69) is 14.9 Å². The lowest BCUT2D eigenvalue weighted by molar-refractivity contribution is -0.0383. The zero-order valence-electron chi connectivity index (χ0n) is 17.6. The molecule has 4 rings (SSSR count). The van der Waals surface area contributed by atoms with E-state index in [9.17, 15) is 9.18 Å². The topological polar surface area (TPSA) is 67.8 Å². The number of ether oxygens (including phenoxy) is 2. The molecule has 0 unspecified atom stereocenters. The van der Waals surface area contributed by atoms with E-state index in [4.69, 9.17) is 9.47 Å². The molecule has 0 atom stereocenters. The van der Waals surface area contributed by atoms with Crippen molar-refractivity contribution < 1.29 is 18.7 Å². The Morgan fingerprint density at radius 3 is 2.13 bits per heavy atom. The Bertz CT molecular complexity index is 884. The molecule has 2 fully saturated rings. The first-order chi connectivity index (χ1) is 14.3. The fourth-order valence-corrected chi connectivity index (χ4v) is 3.72. The second kappa shape index (κ2) is 7.83. The number of piperazine rings is 1. The van der Waals surface area contributed by atoms with Crippen molar-refractivity contribution >= 4 is 12.0 Å². The van der Waals surface area contributed by atoms with Gasteiger partial charge in [0.2, 0.25) is 5.95 Å². The summed E-state index contributed by atoms with van der Waals surface area (Å²) in [4.78, 5) is 25.1. The van der Waals surface area contributed by atoms with E-state index in [1.165, 1.54) is 12.1 Å². The molecule has 2 aliphatic rings. The first-order valence-electron chi connectivity index (χ1n) is 10.2. The van der Waals surface area contributed by atoms with Gasteiger partial charge in [-0.2, -0.15) is 0 Å². The van der Waals surface area contributed by atoms with E-state index in [0.717, 1.165) is 11.1 Å². The lowest BCUT2D eigenvalue weighted by atomic mass is 9.74. The third-order valence-electron chi connectivity index (χ3n) is 5.50. The second-order valence-electron chi connectivity index (χ2n) is 8.81. The summed E-state index contributed by atoms with van der Waals surface area (Å²) in [6.07, 6.45) is 3.37. The Kier molecular flexibility index (Phi) is 5.36. The highest BCUT2D eigenvalue weighted by molar-refractivity contribution is 5.68. The van der Waals surface area contributed by atoms with Gasteiger partial charge in [-0.3, -0.25) is 0 Å². The second-order valence-corrected chi connectivity index (χ2v) is 8.81. The number of carbonyl (C=O) groups excluding carboxylic acids is 1. The zero-order valence-corrected chi connectivity index (χ0v) is 17.6. The Hall–Kier alpha value is -2.74. The lowest BCUT2D eigenvalue weighted by Gasteiger charge is -2.42. The van der Waals surface area contributed by atoms with E-state index >= 15 is 0 Å². The fraction of sp³-hybridized carbons (Fsp3) is 0.500. The number of benzene rings is 1. The van der Waals surface area contributed by atoms with E-state index < -0.39 is 5.60 Å². The van der Waals surface area contributed by atoms with Gasteiger partial charge in [-0.05, 0) is 38.5 Å². The van der Waals surface area contributed by atoms with Gasteiger partial charge in [-0.1, -0.05) is 12.1 Å². The van der Waals surface area contributed by atoms with Gasteiger partial charge in [-0.25, -0.2) is 19.2 Å². The number of nitrogens with zero attached hydrogens (tertiary/aromatic N) is 4. The van der Waals surface area contributed by atoms with Crippen LogP contribution in [0.1, 0.15) is 31.9 Å². The molecule has 0 saturated carbocycles. The van der Waals surface area contributed by atoms with Crippen molar-refractivity contribution in [3.8, 4) is 0 Å². The highest BCUT2D eigenvalue weighted by Crippen LogP contribution is 2.38. The normalized spacial score (nSPS) is 18.7. The maximum absolute atomic E-state index is 13.3. The molecule has 8 heteroatoms. The highest BCUT2D eigenvalue weighted by Gasteiger charge is 2.42. The maximum Gasteiger partial charge on any atom is 0.410 e. The average molecular weight is 414 g/mol. The molecule has 0 N–H and O–H groups in total. The number of hydrogen-bond donors (Lipinski definition) is 0. The van der Waals surface area contributed by atoms with Gasteiger partial charge < -0.3 is 19.3 Å². The van der Waals surface area contributed by atoms with Crippen LogP contribution in [0.15, 0.2) is 36.7 Å². The number of halogens is 1. The molecular weight excluding hydrogens is 387 g/mol. The van der Waals surface area contributed by atoms with Crippen LogP contribution in [0.2, 0.25) is 0 Å². The zero-order chi connectivity index (χ0) is 21.4. The average Bonchev–Trinajstić information content (AvgIpc) is 2.68. The first kappa shape index (κ1) is 20.5. The lowest BCUT2D eigenvalue weighted by Crippen LogP contribution is -2.50. The molecule has 1 aromatic heterocycles. The number of aromatic nitrogens is 2. The number of carbonyl (C=O) groups is 1. The predicted octanol–water partition coefficient (Wildman–Crippen LogP) is 2.99.